The van der Waals surface area contributed by atoms with Crippen LogP contribution in [0.1, 0.15) is 11.1 Å². The van der Waals surface area contributed by atoms with Crippen LogP contribution in [0.4, 0.5) is 19.4 Å². The summed E-state index contributed by atoms with van der Waals surface area (Å²) in [7, 11) is -10.0. The Hall–Kier alpha value is -2.35. The van der Waals surface area contributed by atoms with Crippen molar-refractivity contribution < 1.29 is 24.0 Å². The average molecular weight is 375 g/mol. The molecule has 2 nitrogen and oxygen atoms in total. The van der Waals surface area contributed by atoms with Gasteiger partial charge in [0.2, 0.25) is 0 Å². The van der Waals surface area contributed by atoms with Gasteiger partial charge in [0.25, 0.3) is 0 Å². The highest BCUT2D eigenvalue weighted by Gasteiger charge is 2.69. The predicted octanol–water partition coefficient (Wildman–Crippen LogP) is 7.28. The minimum absolute atomic E-state index is 0.0871. The lowest BCUT2D eigenvalue weighted by molar-refractivity contribution is 0.362. The van der Waals surface area contributed by atoms with Crippen LogP contribution >= 0.6 is 10.2 Å². The number of benzene rings is 2. The van der Waals surface area contributed by atoms with Crippen LogP contribution in [-0.2, 0) is 0 Å². The van der Waals surface area contributed by atoms with E-state index in [9.17, 15) is 19.4 Å². The van der Waals surface area contributed by atoms with Crippen LogP contribution in [0.15, 0.2) is 57.9 Å². The zero-order valence-corrected chi connectivity index (χ0v) is 14.1. The summed E-state index contributed by atoms with van der Waals surface area (Å²) in [6.07, 6.45) is 0. The van der Waals surface area contributed by atoms with Crippen molar-refractivity contribution in [2.75, 3.05) is 0 Å². The fraction of sp³-hybridized carbons (Fsp3) is 0.118. The van der Waals surface area contributed by atoms with Crippen molar-refractivity contribution in [1.82, 2.24) is 5.16 Å². The first-order chi connectivity index (χ1) is 11.3. The Morgan fingerprint density at radius 3 is 1.60 bits per heavy atom. The molecule has 0 spiro atoms. The first-order valence-electron chi connectivity index (χ1n) is 7.23. The van der Waals surface area contributed by atoms with Crippen molar-refractivity contribution in [1.29, 1.82) is 0 Å². The molecule has 0 unspecified atom stereocenters. The Morgan fingerprint density at radius 1 is 0.720 bits per heavy atom. The first kappa shape index (κ1) is 17.5. The fourth-order valence-electron chi connectivity index (χ4n) is 2.42. The van der Waals surface area contributed by atoms with E-state index in [1.165, 1.54) is 48.5 Å². The standard InChI is InChI=1S/C17H14F5NOS/c1-11-3-7-13(8-4-11)15-17(25(18,19,20,21)22)16(24-23-15)14-9-5-12(2)6-10-14/h3-10H,1-2H3. The van der Waals surface area contributed by atoms with Gasteiger partial charge < -0.3 is 4.52 Å². The number of hydrogen-bond acceptors (Lipinski definition) is 2. The quantitative estimate of drug-likeness (QED) is 0.450. The molecule has 0 aliphatic carbocycles. The number of rotatable bonds is 3. The minimum Gasteiger partial charge on any atom is -0.354 e. The van der Waals surface area contributed by atoms with Crippen molar-refractivity contribution in [3.05, 3.63) is 59.7 Å². The predicted molar refractivity (Wildman–Crippen MR) is 88.2 cm³/mol. The highest BCUT2D eigenvalue weighted by molar-refractivity contribution is 8.46. The summed E-state index contributed by atoms with van der Waals surface area (Å²) < 4.78 is 73.4. The van der Waals surface area contributed by atoms with Gasteiger partial charge >= 0.3 is 10.2 Å². The molecule has 2 aromatic carbocycles. The van der Waals surface area contributed by atoms with Crippen molar-refractivity contribution >= 4 is 10.2 Å². The lowest BCUT2D eigenvalue weighted by Crippen LogP contribution is -2.08. The average Bonchev–Trinajstić information content (AvgIpc) is 2.93. The van der Waals surface area contributed by atoms with Crippen LogP contribution < -0.4 is 0 Å². The molecule has 0 fully saturated rings. The van der Waals surface area contributed by atoms with E-state index in [0.717, 1.165) is 11.1 Å². The van der Waals surface area contributed by atoms with Crippen LogP contribution in [0, 0.1) is 13.8 Å². The largest absolute Gasteiger partial charge is 0.354 e. The lowest BCUT2D eigenvalue weighted by Gasteiger charge is -2.40. The molecule has 1 aromatic heterocycles. The summed E-state index contributed by atoms with van der Waals surface area (Å²) >= 11 is 0. The number of hydrogen-bond donors (Lipinski definition) is 0. The molecule has 8 heteroatoms. The zero-order chi connectivity index (χ0) is 18.5. The molecule has 0 amide bonds. The van der Waals surface area contributed by atoms with Gasteiger partial charge in [-0.15, -0.1) is 0 Å². The summed E-state index contributed by atoms with van der Waals surface area (Å²) in [5.74, 6) is -0.977. The molecule has 0 saturated carbocycles. The van der Waals surface area contributed by atoms with Crippen LogP contribution in [0.25, 0.3) is 22.6 Å². The second-order valence-corrected chi connectivity index (χ2v) is 8.24. The van der Waals surface area contributed by atoms with Crippen LogP contribution in [-0.4, -0.2) is 5.16 Å². The van der Waals surface area contributed by atoms with Crippen LogP contribution in [0.2, 0.25) is 0 Å². The molecule has 0 radical (unpaired) electrons. The highest BCUT2D eigenvalue weighted by atomic mass is 32.5. The molecular formula is C17H14F5NOS. The van der Waals surface area contributed by atoms with E-state index in [-0.39, 0.29) is 11.1 Å². The van der Waals surface area contributed by atoms with Crippen molar-refractivity contribution in [3.8, 4) is 22.6 Å². The van der Waals surface area contributed by atoms with E-state index in [2.05, 4.69) is 5.16 Å². The van der Waals surface area contributed by atoms with Gasteiger partial charge in [-0.1, -0.05) is 84.2 Å². The number of aromatic nitrogens is 1. The maximum Gasteiger partial charge on any atom is 0.316 e. The third kappa shape index (κ3) is 3.53. The minimum atomic E-state index is -10.0. The van der Waals surface area contributed by atoms with Gasteiger partial charge in [0, 0.05) is 11.1 Å². The van der Waals surface area contributed by atoms with E-state index in [1.807, 2.05) is 0 Å². The first-order valence-corrected chi connectivity index (χ1v) is 9.18. The number of halogens is 5. The van der Waals surface area contributed by atoms with E-state index in [4.69, 9.17) is 4.52 Å². The summed E-state index contributed by atoms with van der Waals surface area (Å²) in [5.41, 5.74) is 0.446. The third-order valence-electron chi connectivity index (χ3n) is 3.67. The van der Waals surface area contributed by atoms with Gasteiger partial charge in [0.15, 0.2) is 10.7 Å². The molecule has 0 bridgehead atoms. The molecule has 0 N–H and O–H groups in total. The van der Waals surface area contributed by atoms with Gasteiger partial charge in [-0.2, -0.15) is 0 Å². The third-order valence-corrected chi connectivity index (χ3v) is 4.82. The summed E-state index contributed by atoms with van der Waals surface area (Å²) in [6, 6.07) is 11.3. The molecule has 25 heavy (non-hydrogen) atoms. The molecule has 0 aliphatic heterocycles. The maximum atomic E-state index is 13.7. The highest BCUT2D eigenvalue weighted by Crippen LogP contribution is 3.03. The van der Waals surface area contributed by atoms with Crippen molar-refractivity contribution in [3.63, 3.8) is 0 Å². The summed E-state index contributed by atoms with van der Waals surface area (Å²) in [4.78, 5) is -2.09. The van der Waals surface area contributed by atoms with Gasteiger partial charge in [-0.25, -0.2) is 0 Å². The molecule has 0 aliphatic rings. The Morgan fingerprint density at radius 2 is 1.16 bits per heavy atom. The molecule has 0 atom stereocenters. The molecule has 134 valence electrons. The number of nitrogens with zero attached hydrogens (tertiary/aromatic N) is 1. The Balaban J connectivity index is 2.32. The second-order valence-electron chi connectivity index (χ2n) is 5.89. The normalized spacial score (nSPS) is 14.8. The fourth-order valence-corrected chi connectivity index (χ4v) is 3.45. The van der Waals surface area contributed by atoms with E-state index >= 15 is 0 Å². The van der Waals surface area contributed by atoms with Crippen LogP contribution in [0.3, 0.4) is 0 Å². The molecule has 3 aromatic rings. The Labute approximate surface area is 141 Å². The summed E-state index contributed by atoms with van der Waals surface area (Å²) in [6.45, 7) is 3.46. The number of aryl methyl sites for hydroxylation is 2. The SMILES string of the molecule is Cc1ccc(-c2noc(-c3ccc(C)cc3)c2S(F)(F)(F)(F)F)cc1. The zero-order valence-electron chi connectivity index (χ0n) is 13.3. The van der Waals surface area contributed by atoms with Gasteiger partial charge in [0.05, 0.1) is 0 Å². The van der Waals surface area contributed by atoms with Crippen LogP contribution in [0.5, 0.6) is 0 Å². The van der Waals surface area contributed by atoms with Gasteiger partial charge in [-0.05, 0) is 13.8 Å². The molecule has 1 heterocycles. The molecular weight excluding hydrogens is 361 g/mol. The Kier molecular flexibility index (Phi) is 3.39. The van der Waals surface area contributed by atoms with Crippen molar-refractivity contribution in [2.24, 2.45) is 0 Å². The van der Waals surface area contributed by atoms with E-state index < -0.39 is 26.6 Å². The van der Waals surface area contributed by atoms with Gasteiger partial charge in [-0.3, -0.25) is 0 Å². The smallest absolute Gasteiger partial charge is 0.316 e. The topological polar surface area (TPSA) is 26.0 Å². The van der Waals surface area contributed by atoms with E-state index in [0.29, 0.717) is 0 Å². The van der Waals surface area contributed by atoms with Crippen molar-refractivity contribution in [2.45, 2.75) is 18.7 Å². The van der Waals surface area contributed by atoms with E-state index in [1.54, 1.807) is 13.8 Å². The molecule has 3 rings (SSSR count). The second kappa shape index (κ2) is 4.85. The lowest BCUT2D eigenvalue weighted by atomic mass is 10.1. The molecule has 0 saturated heterocycles. The maximum absolute atomic E-state index is 13.7. The monoisotopic (exact) mass is 375 g/mol. The Bertz CT molecular complexity index is 866. The summed E-state index contributed by atoms with van der Waals surface area (Å²) in [5, 5.41) is 3.33. The van der Waals surface area contributed by atoms with Gasteiger partial charge in [0.1, 0.15) is 5.69 Å².